The zero-order valence-corrected chi connectivity index (χ0v) is 9.20. The summed E-state index contributed by atoms with van der Waals surface area (Å²) in [6, 6.07) is -0.243. The molecule has 1 aliphatic carbocycles. The molecule has 1 atom stereocenters. The molecule has 14 heavy (non-hydrogen) atoms. The maximum Gasteiger partial charge on any atom is 0.321 e. The van der Waals surface area contributed by atoms with E-state index in [1.54, 1.807) is 0 Å². The van der Waals surface area contributed by atoms with E-state index in [4.69, 9.17) is 0 Å². The predicted octanol–water partition coefficient (Wildman–Crippen LogP) is 1.97. The fraction of sp³-hybridized carbons (Fsp3) is 0.909. The predicted molar refractivity (Wildman–Crippen MR) is 56.3 cm³/mol. The average Bonchev–Trinajstić information content (AvgIpc) is 2.65. The normalized spacial score (nSPS) is 20.2. The largest absolute Gasteiger partial charge is 0.480 e. The van der Waals surface area contributed by atoms with Gasteiger partial charge in [-0.25, -0.2) is 0 Å². The molecule has 1 N–H and O–H groups in total. The standard InChI is InChI=1S/C11H21NO2/c1-3-12(4-2)10(11(13)14)9-7-5-6-8-9/h9-10H,3-8H2,1-2H3,(H,13,14). The van der Waals surface area contributed by atoms with E-state index in [9.17, 15) is 9.90 Å². The quantitative estimate of drug-likeness (QED) is 0.736. The van der Waals surface area contributed by atoms with Gasteiger partial charge in [-0.3, -0.25) is 9.69 Å². The molecule has 3 nitrogen and oxygen atoms in total. The molecule has 82 valence electrons. The molecule has 0 aromatic heterocycles. The second-order valence-corrected chi connectivity index (χ2v) is 4.05. The Morgan fingerprint density at radius 1 is 1.36 bits per heavy atom. The van der Waals surface area contributed by atoms with E-state index in [0.29, 0.717) is 5.92 Å². The molecule has 0 amide bonds. The lowest BCUT2D eigenvalue weighted by molar-refractivity contribution is -0.145. The van der Waals surface area contributed by atoms with Crippen LogP contribution in [0.25, 0.3) is 0 Å². The molecule has 0 heterocycles. The molecule has 0 aromatic carbocycles. The van der Waals surface area contributed by atoms with Gasteiger partial charge in [0.05, 0.1) is 0 Å². The minimum absolute atomic E-state index is 0.243. The van der Waals surface area contributed by atoms with Gasteiger partial charge in [-0.15, -0.1) is 0 Å². The summed E-state index contributed by atoms with van der Waals surface area (Å²) >= 11 is 0. The number of carboxylic acids is 1. The molecule has 0 radical (unpaired) electrons. The van der Waals surface area contributed by atoms with E-state index in [1.807, 2.05) is 13.8 Å². The Hall–Kier alpha value is -0.570. The molecule has 0 aliphatic heterocycles. The van der Waals surface area contributed by atoms with Gasteiger partial charge in [-0.05, 0) is 31.8 Å². The average molecular weight is 199 g/mol. The van der Waals surface area contributed by atoms with Crippen LogP contribution >= 0.6 is 0 Å². The number of likely N-dealkylation sites (N-methyl/N-ethyl adjacent to an activating group) is 1. The van der Waals surface area contributed by atoms with Gasteiger partial charge in [0.2, 0.25) is 0 Å². The van der Waals surface area contributed by atoms with Crippen molar-refractivity contribution in [2.24, 2.45) is 5.92 Å². The van der Waals surface area contributed by atoms with Crippen LogP contribution in [0.1, 0.15) is 39.5 Å². The van der Waals surface area contributed by atoms with Crippen LogP contribution in [0.5, 0.6) is 0 Å². The van der Waals surface area contributed by atoms with Crippen LogP contribution in [0.4, 0.5) is 0 Å². The minimum atomic E-state index is -0.638. The highest BCUT2D eigenvalue weighted by molar-refractivity contribution is 5.74. The fourth-order valence-corrected chi connectivity index (χ4v) is 2.55. The van der Waals surface area contributed by atoms with Crippen LogP contribution in [0.15, 0.2) is 0 Å². The molecule has 0 bridgehead atoms. The van der Waals surface area contributed by atoms with Crippen LogP contribution < -0.4 is 0 Å². The number of carbonyl (C=O) groups is 1. The van der Waals surface area contributed by atoms with Gasteiger partial charge >= 0.3 is 5.97 Å². The summed E-state index contributed by atoms with van der Waals surface area (Å²) in [5, 5.41) is 9.22. The highest BCUT2D eigenvalue weighted by Gasteiger charge is 2.33. The maximum absolute atomic E-state index is 11.2. The second-order valence-electron chi connectivity index (χ2n) is 4.05. The molecule has 1 fully saturated rings. The Balaban J connectivity index is 2.66. The van der Waals surface area contributed by atoms with E-state index >= 15 is 0 Å². The zero-order valence-electron chi connectivity index (χ0n) is 9.20. The molecule has 3 heteroatoms. The van der Waals surface area contributed by atoms with Crippen molar-refractivity contribution in [1.82, 2.24) is 4.90 Å². The number of aliphatic carboxylic acids is 1. The third-order valence-electron chi connectivity index (χ3n) is 3.31. The fourth-order valence-electron chi connectivity index (χ4n) is 2.55. The number of hydrogen-bond acceptors (Lipinski definition) is 2. The first-order chi connectivity index (χ1) is 6.70. The third-order valence-corrected chi connectivity index (χ3v) is 3.31. The van der Waals surface area contributed by atoms with Gasteiger partial charge in [0.25, 0.3) is 0 Å². The van der Waals surface area contributed by atoms with E-state index in [0.717, 1.165) is 25.9 Å². The Kier molecular flexibility index (Phi) is 4.39. The lowest BCUT2D eigenvalue weighted by Crippen LogP contribution is -2.45. The van der Waals surface area contributed by atoms with E-state index in [-0.39, 0.29) is 6.04 Å². The Labute approximate surface area is 86.1 Å². The summed E-state index contributed by atoms with van der Waals surface area (Å²) < 4.78 is 0. The van der Waals surface area contributed by atoms with Gasteiger partial charge in [-0.1, -0.05) is 26.7 Å². The van der Waals surface area contributed by atoms with E-state index in [2.05, 4.69) is 4.90 Å². The molecular formula is C11H21NO2. The molecule has 0 spiro atoms. The van der Waals surface area contributed by atoms with Crippen LogP contribution in [-0.4, -0.2) is 35.1 Å². The van der Waals surface area contributed by atoms with Crippen molar-refractivity contribution >= 4 is 5.97 Å². The van der Waals surface area contributed by atoms with Crippen molar-refractivity contribution in [1.29, 1.82) is 0 Å². The molecular weight excluding hydrogens is 178 g/mol. The summed E-state index contributed by atoms with van der Waals surface area (Å²) in [7, 11) is 0. The van der Waals surface area contributed by atoms with Crippen molar-refractivity contribution < 1.29 is 9.90 Å². The monoisotopic (exact) mass is 199 g/mol. The SMILES string of the molecule is CCN(CC)C(C(=O)O)C1CCCC1. The molecule has 0 aromatic rings. The Morgan fingerprint density at radius 3 is 2.21 bits per heavy atom. The van der Waals surface area contributed by atoms with E-state index in [1.165, 1.54) is 12.8 Å². The molecule has 1 rings (SSSR count). The molecule has 0 saturated heterocycles. The van der Waals surface area contributed by atoms with Crippen LogP contribution in [-0.2, 0) is 4.79 Å². The Bertz CT molecular complexity index is 182. The first-order valence-electron chi connectivity index (χ1n) is 5.67. The highest BCUT2D eigenvalue weighted by atomic mass is 16.4. The molecule has 1 unspecified atom stereocenters. The van der Waals surface area contributed by atoms with Crippen LogP contribution in [0.2, 0.25) is 0 Å². The van der Waals surface area contributed by atoms with Crippen LogP contribution in [0, 0.1) is 5.92 Å². The summed E-state index contributed by atoms with van der Waals surface area (Å²) in [6.45, 7) is 5.75. The Morgan fingerprint density at radius 2 is 1.86 bits per heavy atom. The zero-order chi connectivity index (χ0) is 10.6. The molecule has 1 saturated carbocycles. The van der Waals surface area contributed by atoms with Gasteiger partial charge in [0, 0.05) is 0 Å². The number of carboxylic acid groups (broad SMARTS) is 1. The highest BCUT2D eigenvalue weighted by Crippen LogP contribution is 2.30. The third kappa shape index (κ3) is 2.47. The maximum atomic E-state index is 11.2. The van der Waals surface area contributed by atoms with Gasteiger partial charge in [0.15, 0.2) is 0 Å². The van der Waals surface area contributed by atoms with Gasteiger partial charge in [0.1, 0.15) is 6.04 Å². The van der Waals surface area contributed by atoms with Crippen molar-refractivity contribution in [3.63, 3.8) is 0 Å². The molecule has 1 aliphatic rings. The summed E-state index contributed by atoms with van der Waals surface area (Å²) in [4.78, 5) is 13.3. The van der Waals surface area contributed by atoms with Crippen molar-refractivity contribution in [2.75, 3.05) is 13.1 Å². The lowest BCUT2D eigenvalue weighted by Gasteiger charge is -2.30. The second kappa shape index (κ2) is 5.35. The lowest BCUT2D eigenvalue weighted by atomic mass is 9.96. The number of hydrogen-bond donors (Lipinski definition) is 1. The van der Waals surface area contributed by atoms with Gasteiger partial charge < -0.3 is 5.11 Å². The van der Waals surface area contributed by atoms with Crippen molar-refractivity contribution in [2.45, 2.75) is 45.6 Å². The number of nitrogens with zero attached hydrogens (tertiary/aromatic N) is 1. The smallest absolute Gasteiger partial charge is 0.321 e. The minimum Gasteiger partial charge on any atom is -0.480 e. The van der Waals surface area contributed by atoms with Crippen molar-refractivity contribution in [3.05, 3.63) is 0 Å². The van der Waals surface area contributed by atoms with E-state index < -0.39 is 5.97 Å². The van der Waals surface area contributed by atoms with Crippen LogP contribution in [0.3, 0.4) is 0 Å². The number of rotatable bonds is 5. The summed E-state index contributed by atoms with van der Waals surface area (Å²) in [5.41, 5.74) is 0. The topological polar surface area (TPSA) is 40.5 Å². The summed E-state index contributed by atoms with van der Waals surface area (Å²) in [6.07, 6.45) is 4.59. The first-order valence-corrected chi connectivity index (χ1v) is 5.67. The summed E-state index contributed by atoms with van der Waals surface area (Å²) in [5.74, 6) is -0.256. The van der Waals surface area contributed by atoms with Crippen molar-refractivity contribution in [3.8, 4) is 0 Å². The van der Waals surface area contributed by atoms with Gasteiger partial charge in [-0.2, -0.15) is 0 Å². The first kappa shape index (κ1) is 11.5.